The molecule has 0 bridgehead atoms. The van der Waals surface area contributed by atoms with Crippen LogP contribution in [0.4, 0.5) is 0 Å². The maximum Gasteiger partial charge on any atom is 0.261 e. The molecule has 0 aliphatic carbocycles. The number of hydrogen-bond acceptors (Lipinski definition) is 5. The van der Waals surface area contributed by atoms with Crippen LogP contribution >= 0.6 is 11.3 Å². The largest absolute Gasteiger partial charge is 0.365 e. The number of nitrogens with two attached hydrogens (primary N) is 1. The van der Waals surface area contributed by atoms with E-state index in [2.05, 4.69) is 5.32 Å². The zero-order valence-corrected chi connectivity index (χ0v) is 11.7. The number of carbonyl (C=O) groups is 2. The summed E-state index contributed by atoms with van der Waals surface area (Å²) in [5.41, 5.74) is 5.10. The lowest BCUT2D eigenvalue weighted by atomic mass is 10.1. The van der Waals surface area contributed by atoms with Crippen molar-refractivity contribution in [2.75, 3.05) is 18.1 Å². The zero-order valence-electron chi connectivity index (χ0n) is 10.1. The van der Waals surface area contributed by atoms with Gasteiger partial charge in [0.05, 0.1) is 21.3 Å². The van der Waals surface area contributed by atoms with Crippen molar-refractivity contribution in [2.45, 2.75) is 6.42 Å². The zero-order chi connectivity index (χ0) is 14.0. The molecular weight excluding hydrogens is 288 g/mol. The average molecular weight is 302 g/mol. The highest BCUT2D eigenvalue weighted by Gasteiger charge is 2.28. The van der Waals surface area contributed by atoms with E-state index in [1.54, 1.807) is 0 Å². The molecule has 0 aromatic carbocycles. The van der Waals surface area contributed by atoms with E-state index in [0.717, 1.165) is 11.3 Å². The van der Waals surface area contributed by atoms with Crippen LogP contribution in [0.25, 0.3) is 0 Å². The predicted octanol–water partition coefficient (Wildman–Crippen LogP) is 0.0115. The maximum absolute atomic E-state index is 11.8. The number of primary amides is 1. The highest BCUT2D eigenvalue weighted by molar-refractivity contribution is 7.91. The first-order chi connectivity index (χ1) is 8.87. The molecule has 1 saturated heterocycles. The fourth-order valence-electron chi connectivity index (χ4n) is 1.95. The summed E-state index contributed by atoms with van der Waals surface area (Å²) in [6.07, 6.45) is 0.583. The Labute approximate surface area is 114 Å². The second kappa shape index (κ2) is 5.30. The van der Waals surface area contributed by atoms with Crippen molar-refractivity contribution >= 4 is 33.0 Å². The molecule has 3 N–H and O–H groups in total. The Hall–Kier alpha value is -1.41. The summed E-state index contributed by atoms with van der Waals surface area (Å²) in [5, 5.41) is 2.69. The van der Waals surface area contributed by atoms with Crippen molar-refractivity contribution in [3.05, 3.63) is 21.9 Å². The van der Waals surface area contributed by atoms with E-state index in [-0.39, 0.29) is 23.3 Å². The second-order valence-corrected chi connectivity index (χ2v) is 7.82. The first-order valence-electron chi connectivity index (χ1n) is 5.75. The molecule has 1 aliphatic heterocycles. The van der Waals surface area contributed by atoms with Crippen LogP contribution < -0.4 is 11.1 Å². The Balaban J connectivity index is 1.89. The Bertz CT molecular complexity index is 606. The van der Waals surface area contributed by atoms with E-state index >= 15 is 0 Å². The van der Waals surface area contributed by atoms with Gasteiger partial charge in [0, 0.05) is 6.54 Å². The molecule has 6 nitrogen and oxygen atoms in total. The lowest BCUT2D eigenvalue weighted by Gasteiger charge is -2.08. The molecule has 1 fully saturated rings. The number of thiophene rings is 1. The van der Waals surface area contributed by atoms with Gasteiger partial charge in [-0.2, -0.15) is 0 Å². The van der Waals surface area contributed by atoms with E-state index in [1.807, 2.05) is 0 Å². The van der Waals surface area contributed by atoms with Crippen molar-refractivity contribution in [1.82, 2.24) is 5.32 Å². The summed E-state index contributed by atoms with van der Waals surface area (Å²) >= 11 is 1.03. The van der Waals surface area contributed by atoms with Crippen molar-refractivity contribution in [2.24, 2.45) is 11.7 Å². The van der Waals surface area contributed by atoms with Crippen LogP contribution in [0.15, 0.2) is 12.1 Å². The molecule has 104 valence electrons. The molecule has 2 amide bonds. The van der Waals surface area contributed by atoms with Gasteiger partial charge in [-0.1, -0.05) is 0 Å². The first kappa shape index (κ1) is 14.0. The van der Waals surface area contributed by atoms with Gasteiger partial charge >= 0.3 is 0 Å². The van der Waals surface area contributed by atoms with Gasteiger partial charge in [0.25, 0.3) is 11.8 Å². The summed E-state index contributed by atoms with van der Waals surface area (Å²) in [6.45, 7) is 0.335. The minimum absolute atomic E-state index is 0.0236. The molecule has 8 heteroatoms. The van der Waals surface area contributed by atoms with Crippen LogP contribution in [0, 0.1) is 5.92 Å². The van der Waals surface area contributed by atoms with Gasteiger partial charge in [-0.15, -0.1) is 11.3 Å². The average Bonchev–Trinajstić information content (AvgIpc) is 2.92. The maximum atomic E-state index is 11.8. The molecule has 1 aromatic rings. The highest BCUT2D eigenvalue weighted by Crippen LogP contribution is 2.19. The minimum atomic E-state index is -2.92. The van der Waals surface area contributed by atoms with Gasteiger partial charge in [0.15, 0.2) is 9.84 Å². The summed E-state index contributed by atoms with van der Waals surface area (Å²) in [7, 11) is -2.92. The van der Waals surface area contributed by atoms with Crippen molar-refractivity contribution in [3.63, 3.8) is 0 Å². The van der Waals surface area contributed by atoms with Crippen LogP contribution in [-0.4, -0.2) is 38.3 Å². The van der Waals surface area contributed by atoms with Crippen LogP contribution in [0.2, 0.25) is 0 Å². The number of amides is 2. The monoisotopic (exact) mass is 302 g/mol. The quantitative estimate of drug-likeness (QED) is 0.817. The lowest BCUT2D eigenvalue weighted by molar-refractivity contribution is 0.0951. The van der Waals surface area contributed by atoms with Gasteiger partial charge in [0.2, 0.25) is 0 Å². The molecule has 2 rings (SSSR count). The van der Waals surface area contributed by atoms with Crippen LogP contribution in [-0.2, 0) is 9.84 Å². The van der Waals surface area contributed by atoms with Gasteiger partial charge in [-0.25, -0.2) is 8.42 Å². The van der Waals surface area contributed by atoms with E-state index in [1.165, 1.54) is 12.1 Å². The Kier molecular flexibility index (Phi) is 3.91. The second-order valence-electron chi connectivity index (χ2n) is 4.51. The van der Waals surface area contributed by atoms with Crippen molar-refractivity contribution < 1.29 is 18.0 Å². The molecule has 1 aliphatic rings. The smallest absolute Gasteiger partial charge is 0.261 e. The predicted molar refractivity (Wildman–Crippen MR) is 71.9 cm³/mol. The van der Waals surface area contributed by atoms with E-state index < -0.39 is 15.7 Å². The molecule has 1 atom stereocenters. The van der Waals surface area contributed by atoms with Gasteiger partial charge < -0.3 is 11.1 Å². The number of nitrogens with one attached hydrogen (secondary N) is 1. The van der Waals surface area contributed by atoms with Gasteiger partial charge in [-0.05, 0) is 24.5 Å². The Morgan fingerprint density at radius 3 is 2.58 bits per heavy atom. The third-order valence-electron chi connectivity index (χ3n) is 2.95. The molecule has 0 radical (unpaired) electrons. The van der Waals surface area contributed by atoms with Gasteiger partial charge in [-0.3, -0.25) is 9.59 Å². The highest BCUT2D eigenvalue weighted by atomic mass is 32.2. The Morgan fingerprint density at radius 2 is 2.05 bits per heavy atom. The van der Waals surface area contributed by atoms with E-state index in [4.69, 9.17) is 5.73 Å². The molecular formula is C11H14N2O4S2. The first-order valence-corrected chi connectivity index (χ1v) is 8.39. The lowest BCUT2D eigenvalue weighted by Crippen LogP contribution is -2.29. The standard InChI is InChI=1S/C11H14N2O4S2/c12-10(14)8-1-2-9(18-8)11(15)13-5-7-3-4-19(16,17)6-7/h1-2,7H,3-6H2,(H2,12,14)(H,13,15). The van der Waals surface area contributed by atoms with E-state index in [9.17, 15) is 18.0 Å². The Morgan fingerprint density at radius 1 is 1.37 bits per heavy atom. The molecule has 19 heavy (non-hydrogen) atoms. The topological polar surface area (TPSA) is 106 Å². The van der Waals surface area contributed by atoms with Crippen LogP contribution in [0.1, 0.15) is 25.8 Å². The third-order valence-corrected chi connectivity index (χ3v) is 5.89. The normalized spacial score (nSPS) is 21.2. The molecule has 1 unspecified atom stereocenters. The molecule has 0 saturated carbocycles. The summed E-state index contributed by atoms with van der Waals surface area (Å²) in [4.78, 5) is 23.4. The molecule has 0 spiro atoms. The minimum Gasteiger partial charge on any atom is -0.365 e. The van der Waals surface area contributed by atoms with Crippen molar-refractivity contribution in [1.29, 1.82) is 0 Å². The fourth-order valence-corrected chi connectivity index (χ4v) is 4.59. The fraction of sp³-hybridized carbons (Fsp3) is 0.455. The van der Waals surface area contributed by atoms with E-state index in [0.29, 0.717) is 22.7 Å². The number of sulfone groups is 1. The number of hydrogen-bond donors (Lipinski definition) is 2. The van der Waals surface area contributed by atoms with Gasteiger partial charge in [0.1, 0.15) is 0 Å². The number of rotatable bonds is 4. The summed E-state index contributed by atoms with van der Waals surface area (Å²) < 4.78 is 22.5. The molecule has 2 heterocycles. The summed E-state index contributed by atoms with van der Waals surface area (Å²) in [5.74, 6) is -0.569. The summed E-state index contributed by atoms with van der Waals surface area (Å²) in [6, 6.07) is 3.04. The number of carbonyl (C=O) groups excluding carboxylic acids is 2. The third kappa shape index (κ3) is 3.54. The van der Waals surface area contributed by atoms with Crippen LogP contribution in [0.5, 0.6) is 0 Å². The SMILES string of the molecule is NC(=O)c1ccc(C(=O)NCC2CCS(=O)(=O)C2)s1. The molecule has 1 aromatic heterocycles. The van der Waals surface area contributed by atoms with Crippen LogP contribution in [0.3, 0.4) is 0 Å². The van der Waals surface area contributed by atoms with Crippen molar-refractivity contribution in [3.8, 4) is 0 Å².